The van der Waals surface area contributed by atoms with E-state index in [2.05, 4.69) is 5.32 Å². The summed E-state index contributed by atoms with van der Waals surface area (Å²) in [6, 6.07) is 2.20. The Morgan fingerprint density at radius 1 is 1.47 bits per heavy atom. The number of aliphatic hydroxyl groups is 1. The predicted octanol–water partition coefficient (Wildman–Crippen LogP) is 3.02. The van der Waals surface area contributed by atoms with Crippen LogP contribution in [0.15, 0.2) is 12.1 Å². The second-order valence-corrected chi connectivity index (χ2v) is 5.86. The highest BCUT2D eigenvalue weighted by atomic mass is 35.5. The molecule has 1 aromatic carbocycles. The molecule has 6 heteroatoms. The Bertz CT molecular complexity index is 520. The first-order valence-corrected chi connectivity index (χ1v) is 6.71. The molecular weight excluding hydrogens is 292 g/mol. The maximum absolute atomic E-state index is 13.4. The molecule has 1 fully saturated rings. The maximum Gasteiger partial charge on any atom is 0.253 e. The zero-order valence-corrected chi connectivity index (χ0v) is 11.9. The van der Waals surface area contributed by atoms with E-state index in [1.165, 1.54) is 6.07 Å². The minimum Gasteiger partial charge on any atom is -0.394 e. The molecular formula is C13H14Cl2FNO2. The van der Waals surface area contributed by atoms with Crippen LogP contribution in [0.3, 0.4) is 0 Å². The summed E-state index contributed by atoms with van der Waals surface area (Å²) in [5, 5.41) is 12.1. The number of carbonyl (C=O) groups is 1. The van der Waals surface area contributed by atoms with Crippen LogP contribution in [0, 0.1) is 11.7 Å². The second-order valence-electron chi connectivity index (χ2n) is 5.05. The lowest BCUT2D eigenvalue weighted by molar-refractivity contribution is 0.0824. The van der Waals surface area contributed by atoms with Gasteiger partial charge in [-0.1, -0.05) is 23.2 Å². The van der Waals surface area contributed by atoms with Gasteiger partial charge in [-0.25, -0.2) is 4.39 Å². The highest BCUT2D eigenvalue weighted by Gasteiger charge is 2.42. The molecule has 0 aromatic heterocycles. The molecule has 1 amide bonds. The zero-order chi connectivity index (χ0) is 14.2. The number of aliphatic hydroxyl groups excluding tert-OH is 1. The molecule has 0 spiro atoms. The fraction of sp³-hybridized carbons (Fsp3) is 0.462. The normalized spacial score (nSPS) is 17.9. The number of rotatable bonds is 4. The number of carbonyl (C=O) groups excluding carboxylic acids is 1. The first-order chi connectivity index (χ1) is 8.87. The van der Waals surface area contributed by atoms with E-state index in [4.69, 9.17) is 23.2 Å². The lowest BCUT2D eigenvalue weighted by Gasteiger charge is -2.29. The molecule has 1 atom stereocenters. The Kier molecular flexibility index (Phi) is 4.04. The van der Waals surface area contributed by atoms with Crippen LogP contribution in [0.2, 0.25) is 10.0 Å². The number of hydrogen-bond donors (Lipinski definition) is 2. The molecule has 1 unspecified atom stereocenters. The quantitative estimate of drug-likeness (QED) is 0.840. The SMILES string of the molecule is CC(CO)(NC(=O)c1cc(F)c(Cl)cc1Cl)C1CC1. The van der Waals surface area contributed by atoms with Gasteiger partial charge in [0.05, 0.1) is 27.8 Å². The number of hydrogen-bond acceptors (Lipinski definition) is 2. The van der Waals surface area contributed by atoms with Crippen molar-refractivity contribution in [3.8, 4) is 0 Å². The molecule has 0 aliphatic heterocycles. The second kappa shape index (κ2) is 5.27. The largest absolute Gasteiger partial charge is 0.394 e. The first kappa shape index (κ1) is 14.6. The Hall–Kier alpha value is -0.840. The predicted molar refractivity (Wildman–Crippen MR) is 72.1 cm³/mol. The molecule has 19 heavy (non-hydrogen) atoms. The van der Waals surface area contributed by atoms with Gasteiger partial charge in [0.1, 0.15) is 5.82 Å². The van der Waals surface area contributed by atoms with Gasteiger partial charge in [0, 0.05) is 0 Å². The van der Waals surface area contributed by atoms with Crippen LogP contribution in [-0.2, 0) is 0 Å². The van der Waals surface area contributed by atoms with Crippen molar-refractivity contribution < 1.29 is 14.3 Å². The molecule has 0 radical (unpaired) electrons. The summed E-state index contributed by atoms with van der Waals surface area (Å²) >= 11 is 11.5. The van der Waals surface area contributed by atoms with Crippen molar-refractivity contribution in [3.05, 3.63) is 33.6 Å². The van der Waals surface area contributed by atoms with Crippen molar-refractivity contribution in [1.29, 1.82) is 0 Å². The van der Waals surface area contributed by atoms with Crippen LogP contribution in [0.25, 0.3) is 0 Å². The van der Waals surface area contributed by atoms with Gasteiger partial charge in [-0.3, -0.25) is 4.79 Å². The lowest BCUT2D eigenvalue weighted by Crippen LogP contribution is -2.50. The highest BCUT2D eigenvalue weighted by molar-refractivity contribution is 6.36. The standard InChI is InChI=1S/C13H14Cl2FNO2/c1-13(6-18,7-2-3-7)17-12(19)8-4-11(16)10(15)5-9(8)14/h4-5,7,18H,2-3,6H2,1H3,(H,17,19). The molecule has 2 rings (SSSR count). The molecule has 1 saturated carbocycles. The summed E-state index contributed by atoms with van der Waals surface area (Å²) in [5.74, 6) is -0.963. The number of benzene rings is 1. The van der Waals surface area contributed by atoms with Crippen LogP contribution in [0.5, 0.6) is 0 Å². The topological polar surface area (TPSA) is 49.3 Å². The van der Waals surface area contributed by atoms with E-state index in [0.29, 0.717) is 0 Å². The summed E-state index contributed by atoms with van der Waals surface area (Å²) in [4.78, 5) is 12.1. The number of amides is 1. The third-order valence-electron chi connectivity index (χ3n) is 3.46. The Labute approximate surface area is 120 Å². The van der Waals surface area contributed by atoms with Crippen molar-refractivity contribution in [2.45, 2.75) is 25.3 Å². The van der Waals surface area contributed by atoms with Gasteiger partial charge in [0.25, 0.3) is 5.91 Å². The minimum atomic E-state index is -0.701. The van der Waals surface area contributed by atoms with Crippen LogP contribution < -0.4 is 5.32 Å². The highest BCUT2D eigenvalue weighted by Crippen LogP contribution is 2.39. The van der Waals surface area contributed by atoms with Gasteiger partial charge in [-0.05, 0) is 37.8 Å². The zero-order valence-electron chi connectivity index (χ0n) is 10.3. The van der Waals surface area contributed by atoms with Crippen molar-refractivity contribution in [2.75, 3.05) is 6.61 Å². The summed E-state index contributed by atoms with van der Waals surface area (Å²) in [6.45, 7) is 1.60. The molecule has 1 aliphatic rings. The van der Waals surface area contributed by atoms with E-state index < -0.39 is 17.3 Å². The van der Waals surface area contributed by atoms with Gasteiger partial charge >= 0.3 is 0 Å². The fourth-order valence-corrected chi connectivity index (χ4v) is 2.48. The maximum atomic E-state index is 13.4. The average molecular weight is 306 g/mol. The van der Waals surface area contributed by atoms with E-state index in [0.717, 1.165) is 18.9 Å². The van der Waals surface area contributed by atoms with Crippen LogP contribution >= 0.6 is 23.2 Å². The first-order valence-electron chi connectivity index (χ1n) is 5.95. The van der Waals surface area contributed by atoms with Gasteiger partial charge in [0.15, 0.2) is 0 Å². The van der Waals surface area contributed by atoms with Crippen LogP contribution in [0.4, 0.5) is 4.39 Å². The third-order valence-corrected chi connectivity index (χ3v) is 4.06. The lowest BCUT2D eigenvalue weighted by atomic mass is 9.96. The molecule has 104 valence electrons. The average Bonchev–Trinajstić information content (AvgIpc) is 3.17. The number of nitrogens with one attached hydrogen (secondary N) is 1. The Morgan fingerprint density at radius 3 is 2.63 bits per heavy atom. The smallest absolute Gasteiger partial charge is 0.253 e. The molecule has 0 heterocycles. The van der Waals surface area contributed by atoms with Gasteiger partial charge < -0.3 is 10.4 Å². The van der Waals surface area contributed by atoms with Crippen molar-refractivity contribution in [2.24, 2.45) is 5.92 Å². The fourth-order valence-electron chi connectivity index (χ4n) is 2.01. The Morgan fingerprint density at radius 2 is 2.11 bits per heavy atom. The van der Waals surface area contributed by atoms with Gasteiger partial charge in [0.2, 0.25) is 0 Å². The van der Waals surface area contributed by atoms with E-state index >= 15 is 0 Å². The van der Waals surface area contributed by atoms with Gasteiger partial charge in [-0.2, -0.15) is 0 Å². The summed E-state index contributed by atoms with van der Waals surface area (Å²) in [5.41, 5.74) is -0.680. The van der Waals surface area contributed by atoms with E-state index in [-0.39, 0.29) is 28.1 Å². The van der Waals surface area contributed by atoms with E-state index in [1.807, 2.05) is 0 Å². The Balaban J connectivity index is 2.22. The molecule has 0 saturated heterocycles. The molecule has 2 N–H and O–H groups in total. The van der Waals surface area contributed by atoms with E-state index in [1.54, 1.807) is 6.92 Å². The monoisotopic (exact) mass is 305 g/mol. The van der Waals surface area contributed by atoms with Crippen molar-refractivity contribution in [1.82, 2.24) is 5.32 Å². The van der Waals surface area contributed by atoms with Crippen molar-refractivity contribution in [3.63, 3.8) is 0 Å². The molecule has 0 bridgehead atoms. The minimum absolute atomic E-state index is 0.0175. The summed E-state index contributed by atoms with van der Waals surface area (Å²) in [6.07, 6.45) is 1.92. The molecule has 1 aromatic rings. The third kappa shape index (κ3) is 3.02. The van der Waals surface area contributed by atoms with Crippen LogP contribution in [-0.4, -0.2) is 23.2 Å². The number of halogens is 3. The van der Waals surface area contributed by atoms with Crippen LogP contribution in [0.1, 0.15) is 30.1 Å². The van der Waals surface area contributed by atoms with Gasteiger partial charge in [-0.15, -0.1) is 0 Å². The van der Waals surface area contributed by atoms with E-state index in [9.17, 15) is 14.3 Å². The summed E-state index contributed by atoms with van der Waals surface area (Å²) in [7, 11) is 0. The molecule has 3 nitrogen and oxygen atoms in total. The molecule has 1 aliphatic carbocycles. The summed E-state index contributed by atoms with van der Waals surface area (Å²) < 4.78 is 13.4. The van der Waals surface area contributed by atoms with Crippen molar-refractivity contribution >= 4 is 29.1 Å².